The third-order valence-electron chi connectivity index (χ3n) is 1.30. The lowest BCUT2D eigenvalue weighted by atomic mass is 10.3. The highest BCUT2D eigenvalue weighted by atomic mass is 79.9. The minimum Gasteiger partial charge on any atom is -0.469 e. The van der Waals surface area contributed by atoms with Crippen molar-refractivity contribution in [2.24, 2.45) is 0 Å². The molecule has 0 unspecified atom stereocenters. The van der Waals surface area contributed by atoms with Gasteiger partial charge in [-0.25, -0.2) is 0 Å². The van der Waals surface area contributed by atoms with Crippen LogP contribution in [-0.4, -0.2) is 31.0 Å². The van der Waals surface area contributed by atoms with E-state index < -0.39 is 5.97 Å². The van der Waals surface area contributed by atoms with Crippen LogP contribution in [0.15, 0.2) is 0 Å². The fourth-order valence-corrected chi connectivity index (χ4v) is 0.848. The van der Waals surface area contributed by atoms with Gasteiger partial charge < -0.3 is 9.47 Å². The van der Waals surface area contributed by atoms with Gasteiger partial charge in [-0.3, -0.25) is 9.59 Å². The number of alkyl halides is 1. The van der Waals surface area contributed by atoms with Crippen LogP contribution in [0, 0.1) is 0 Å². The van der Waals surface area contributed by atoms with E-state index in [1.807, 2.05) is 0 Å². The van der Waals surface area contributed by atoms with Gasteiger partial charge in [0.15, 0.2) is 0 Å². The van der Waals surface area contributed by atoms with Gasteiger partial charge in [-0.15, -0.1) is 0 Å². The summed E-state index contributed by atoms with van der Waals surface area (Å²) >= 11 is 3.21. The zero-order valence-electron chi connectivity index (χ0n) is 7.55. The molecule has 0 radical (unpaired) electrons. The molecule has 76 valence electrons. The highest BCUT2D eigenvalue weighted by Gasteiger charge is 2.06. The zero-order valence-corrected chi connectivity index (χ0v) is 9.13. The molecule has 0 aromatic rings. The van der Waals surface area contributed by atoms with Gasteiger partial charge in [-0.05, 0) is 6.42 Å². The fourth-order valence-electron chi connectivity index (χ4n) is 0.619. The van der Waals surface area contributed by atoms with E-state index in [9.17, 15) is 9.59 Å². The first-order valence-corrected chi connectivity index (χ1v) is 5.11. The monoisotopic (exact) mass is 252 g/mol. The van der Waals surface area contributed by atoms with E-state index in [1.54, 1.807) is 0 Å². The number of hydrogen-bond acceptors (Lipinski definition) is 4. The molecule has 0 rings (SSSR count). The van der Waals surface area contributed by atoms with E-state index in [0.29, 0.717) is 6.61 Å². The number of carbonyl (C=O) groups is 2. The van der Waals surface area contributed by atoms with Crippen LogP contribution in [-0.2, 0) is 19.1 Å². The van der Waals surface area contributed by atoms with Crippen LogP contribution in [0.2, 0.25) is 0 Å². The highest BCUT2D eigenvalue weighted by Crippen LogP contribution is 1.96. The second kappa shape index (κ2) is 8.04. The Kier molecular flexibility index (Phi) is 7.68. The first kappa shape index (κ1) is 12.4. The van der Waals surface area contributed by atoms with Crippen LogP contribution in [0.3, 0.4) is 0 Å². The molecule has 0 fully saturated rings. The van der Waals surface area contributed by atoms with E-state index in [1.165, 1.54) is 7.11 Å². The second-order valence-corrected chi connectivity index (χ2v) is 3.13. The number of ether oxygens (including phenoxy) is 2. The van der Waals surface area contributed by atoms with Crippen molar-refractivity contribution in [1.29, 1.82) is 0 Å². The van der Waals surface area contributed by atoms with Gasteiger partial charge in [0.1, 0.15) is 0 Å². The molecule has 13 heavy (non-hydrogen) atoms. The summed E-state index contributed by atoms with van der Waals surface area (Å²) < 4.78 is 9.17. The normalized spacial score (nSPS) is 9.38. The van der Waals surface area contributed by atoms with Crippen molar-refractivity contribution < 1.29 is 19.1 Å². The van der Waals surface area contributed by atoms with E-state index in [2.05, 4.69) is 20.7 Å². The Morgan fingerprint density at radius 2 is 1.85 bits per heavy atom. The Morgan fingerprint density at radius 1 is 1.23 bits per heavy atom. The lowest BCUT2D eigenvalue weighted by Gasteiger charge is -2.02. The number of methoxy groups -OCH3 is 1. The number of carbonyl (C=O) groups excluding carboxylic acids is 2. The molecule has 4 nitrogen and oxygen atoms in total. The van der Waals surface area contributed by atoms with Crippen molar-refractivity contribution in [3.05, 3.63) is 0 Å². The summed E-state index contributed by atoms with van der Waals surface area (Å²) in [5.41, 5.74) is 0. The molecule has 5 heteroatoms. The third-order valence-corrected chi connectivity index (χ3v) is 1.86. The van der Waals surface area contributed by atoms with Gasteiger partial charge in [-0.2, -0.15) is 0 Å². The van der Waals surface area contributed by atoms with Crippen LogP contribution in [0.4, 0.5) is 0 Å². The molecule has 0 spiro atoms. The number of rotatable bonds is 6. The highest BCUT2D eigenvalue weighted by molar-refractivity contribution is 9.09. The minimum absolute atomic E-state index is 0.0870. The van der Waals surface area contributed by atoms with Crippen molar-refractivity contribution >= 4 is 27.9 Å². The summed E-state index contributed by atoms with van der Waals surface area (Å²) in [5.74, 6) is -0.746. The van der Waals surface area contributed by atoms with Crippen molar-refractivity contribution in [3.8, 4) is 0 Å². The molecule has 0 aliphatic rings. The molecule has 0 amide bonds. The summed E-state index contributed by atoms with van der Waals surface area (Å²) in [7, 11) is 1.29. The lowest BCUT2D eigenvalue weighted by molar-refractivity contribution is -0.148. The van der Waals surface area contributed by atoms with Crippen molar-refractivity contribution in [2.45, 2.75) is 19.3 Å². The number of halogens is 1. The molecule has 0 aliphatic heterocycles. The van der Waals surface area contributed by atoms with E-state index >= 15 is 0 Å². The van der Waals surface area contributed by atoms with Gasteiger partial charge in [0.25, 0.3) is 0 Å². The maximum Gasteiger partial charge on any atom is 0.306 e. The average Bonchev–Trinajstić information content (AvgIpc) is 2.14. The molecule has 0 aliphatic carbocycles. The fraction of sp³-hybridized carbons (Fsp3) is 0.750. The summed E-state index contributed by atoms with van der Waals surface area (Å²) in [4.78, 5) is 21.5. The Balaban J connectivity index is 3.35. The molecule has 0 aromatic carbocycles. The molecule has 0 saturated carbocycles. The van der Waals surface area contributed by atoms with E-state index in [0.717, 1.165) is 11.8 Å². The average molecular weight is 253 g/mol. The SMILES string of the molecule is COC(=O)CCC(=O)OCCCBr. The first-order valence-electron chi connectivity index (χ1n) is 3.99. The van der Waals surface area contributed by atoms with E-state index in [-0.39, 0.29) is 18.8 Å². The first-order chi connectivity index (χ1) is 6.20. The molecule has 0 heterocycles. The Hall–Kier alpha value is -0.580. The molecular weight excluding hydrogens is 240 g/mol. The predicted molar refractivity (Wildman–Crippen MR) is 50.6 cm³/mol. The third kappa shape index (κ3) is 7.77. The van der Waals surface area contributed by atoms with Gasteiger partial charge >= 0.3 is 11.9 Å². The van der Waals surface area contributed by atoms with Gasteiger partial charge in [0.2, 0.25) is 0 Å². The molecule has 0 bridgehead atoms. The zero-order chi connectivity index (χ0) is 10.1. The van der Waals surface area contributed by atoms with Crippen LogP contribution >= 0.6 is 15.9 Å². The van der Waals surface area contributed by atoms with Crippen LogP contribution in [0.25, 0.3) is 0 Å². The number of hydrogen-bond donors (Lipinski definition) is 0. The maximum absolute atomic E-state index is 10.9. The predicted octanol–water partition coefficient (Wildman–Crippen LogP) is 1.27. The van der Waals surface area contributed by atoms with Crippen LogP contribution in [0.1, 0.15) is 19.3 Å². The minimum atomic E-state index is -0.391. The lowest BCUT2D eigenvalue weighted by Crippen LogP contribution is -2.09. The van der Waals surface area contributed by atoms with Crippen molar-refractivity contribution in [1.82, 2.24) is 0 Å². The van der Waals surface area contributed by atoms with E-state index in [4.69, 9.17) is 4.74 Å². The summed E-state index contributed by atoms with van der Waals surface area (Å²) in [6.07, 6.45) is 0.961. The Morgan fingerprint density at radius 3 is 2.38 bits per heavy atom. The maximum atomic E-state index is 10.9. The molecule has 0 saturated heterocycles. The summed E-state index contributed by atoms with van der Waals surface area (Å²) in [6.45, 7) is 0.394. The summed E-state index contributed by atoms with van der Waals surface area (Å²) in [5, 5.41) is 0.803. The topological polar surface area (TPSA) is 52.6 Å². The second-order valence-electron chi connectivity index (χ2n) is 2.34. The number of esters is 2. The molecular formula is C8H13BrO4. The molecule has 0 N–H and O–H groups in total. The quantitative estimate of drug-likeness (QED) is 0.406. The van der Waals surface area contributed by atoms with Gasteiger partial charge in [-0.1, -0.05) is 15.9 Å². The van der Waals surface area contributed by atoms with Crippen molar-refractivity contribution in [3.63, 3.8) is 0 Å². The van der Waals surface area contributed by atoms with Crippen molar-refractivity contribution in [2.75, 3.05) is 19.0 Å². The smallest absolute Gasteiger partial charge is 0.306 e. The largest absolute Gasteiger partial charge is 0.469 e. The van der Waals surface area contributed by atoms with Crippen LogP contribution < -0.4 is 0 Å². The molecule has 0 aromatic heterocycles. The standard InChI is InChI=1S/C8H13BrO4/c1-12-7(10)3-4-8(11)13-6-2-5-9/h2-6H2,1H3. The summed E-state index contributed by atoms with van der Waals surface area (Å²) in [6, 6.07) is 0. The Bertz CT molecular complexity index is 170. The van der Waals surface area contributed by atoms with Crippen LogP contribution in [0.5, 0.6) is 0 Å². The van der Waals surface area contributed by atoms with Gasteiger partial charge in [0, 0.05) is 5.33 Å². The Labute approximate surface area is 85.7 Å². The molecule has 0 atom stereocenters. The van der Waals surface area contributed by atoms with Gasteiger partial charge in [0.05, 0.1) is 26.6 Å².